The Morgan fingerprint density at radius 3 is 2.70 bits per heavy atom. The molecule has 1 aromatic carbocycles. The van der Waals surface area contributed by atoms with Crippen molar-refractivity contribution >= 4 is 29.0 Å². The maximum absolute atomic E-state index is 14.4. The molecule has 0 aliphatic heterocycles. The number of rotatable bonds is 7. The van der Waals surface area contributed by atoms with Gasteiger partial charge in [0.15, 0.2) is 11.5 Å². The quantitative estimate of drug-likeness (QED) is 0.436. The van der Waals surface area contributed by atoms with Crippen LogP contribution in [0, 0.1) is 17.0 Å². The molecule has 8 heteroatoms. The first-order valence-electron chi connectivity index (χ1n) is 9.91. The van der Waals surface area contributed by atoms with Gasteiger partial charge in [-0.05, 0) is 55.9 Å². The summed E-state index contributed by atoms with van der Waals surface area (Å²) in [5.41, 5.74) is 6.60. The van der Waals surface area contributed by atoms with Crippen LogP contribution in [0.4, 0.5) is 14.5 Å². The number of nitrogens with two attached hydrogens (primary N) is 1. The summed E-state index contributed by atoms with van der Waals surface area (Å²) in [6.45, 7) is 3.99. The van der Waals surface area contributed by atoms with Gasteiger partial charge in [0.1, 0.15) is 5.82 Å². The van der Waals surface area contributed by atoms with Crippen LogP contribution in [0.15, 0.2) is 35.5 Å². The lowest BCUT2D eigenvalue weighted by atomic mass is 9.68. The average molecular weight is 435 g/mol. The lowest BCUT2D eigenvalue weighted by Gasteiger charge is -2.38. The summed E-state index contributed by atoms with van der Waals surface area (Å²) < 4.78 is 28.3. The number of amides is 1. The molecule has 1 atom stereocenters. The van der Waals surface area contributed by atoms with Gasteiger partial charge in [-0.3, -0.25) is 9.79 Å². The van der Waals surface area contributed by atoms with Crippen molar-refractivity contribution in [1.82, 2.24) is 4.98 Å². The minimum atomic E-state index is -0.840. The van der Waals surface area contributed by atoms with Crippen molar-refractivity contribution in [2.24, 2.45) is 16.1 Å². The molecule has 2 aromatic rings. The summed E-state index contributed by atoms with van der Waals surface area (Å²) in [7, 11) is 0. The first-order valence-corrected chi connectivity index (χ1v) is 10.3. The number of aromatic nitrogens is 1. The number of nitrogens with one attached hydrogen (secondary N) is 1. The average Bonchev–Trinajstić information content (AvgIpc) is 2.66. The third-order valence-corrected chi connectivity index (χ3v) is 5.84. The smallest absolute Gasteiger partial charge is 0.277 e. The molecule has 3 N–H and O–H groups in total. The molecule has 5 nitrogen and oxygen atoms in total. The van der Waals surface area contributed by atoms with E-state index in [0.29, 0.717) is 23.4 Å². The summed E-state index contributed by atoms with van der Waals surface area (Å²) in [6, 6.07) is 4.57. The minimum absolute atomic E-state index is 0.0868. The standard InChI is InChI=1S/C22H25ClF2N4O/c1-13(28-19(26)6-9-22(2)7-3-8-22)16-11-15(4-5-17(16)24)29-21(30)20-18(25)10-14(23)12-27-20/h4-5,10-13H,3,6-9H2,1-2H3,(H2,26,28)(H,29,30)/t13-/m1/s1. The molecule has 30 heavy (non-hydrogen) atoms. The molecular formula is C22H25ClF2N4O. The zero-order valence-corrected chi connectivity index (χ0v) is 17.8. The van der Waals surface area contributed by atoms with E-state index in [1.165, 1.54) is 43.7 Å². The summed E-state index contributed by atoms with van der Waals surface area (Å²) >= 11 is 5.66. The van der Waals surface area contributed by atoms with Gasteiger partial charge in [0, 0.05) is 23.9 Å². The number of nitrogens with zero attached hydrogens (tertiary/aromatic N) is 2. The summed E-state index contributed by atoms with van der Waals surface area (Å²) in [5, 5.41) is 2.61. The molecule has 1 aliphatic rings. The summed E-state index contributed by atoms with van der Waals surface area (Å²) in [5.74, 6) is -1.57. The monoisotopic (exact) mass is 434 g/mol. The van der Waals surface area contributed by atoms with Crippen LogP contribution in [0.25, 0.3) is 0 Å². The number of amidine groups is 1. The van der Waals surface area contributed by atoms with Crippen LogP contribution in [-0.4, -0.2) is 16.7 Å². The highest BCUT2D eigenvalue weighted by Crippen LogP contribution is 2.44. The molecule has 0 saturated heterocycles. The molecule has 0 unspecified atom stereocenters. The number of benzene rings is 1. The fourth-order valence-electron chi connectivity index (χ4n) is 3.56. The fraction of sp³-hybridized carbons (Fsp3) is 0.409. The van der Waals surface area contributed by atoms with Crippen LogP contribution in [0.1, 0.15) is 68.0 Å². The third kappa shape index (κ3) is 5.33. The Balaban J connectivity index is 1.70. The SMILES string of the molecule is C[C@@H](/N=C(/N)CCC1(C)CCC1)c1cc(NC(=O)c2ncc(Cl)cc2F)ccc1F. The Morgan fingerprint density at radius 2 is 2.07 bits per heavy atom. The van der Waals surface area contributed by atoms with E-state index in [-0.39, 0.29) is 10.6 Å². The highest BCUT2D eigenvalue weighted by Gasteiger charge is 2.31. The van der Waals surface area contributed by atoms with Crippen LogP contribution in [-0.2, 0) is 0 Å². The van der Waals surface area contributed by atoms with Crippen molar-refractivity contribution in [1.29, 1.82) is 0 Å². The maximum atomic E-state index is 14.4. The van der Waals surface area contributed by atoms with Gasteiger partial charge in [-0.2, -0.15) is 0 Å². The number of halogens is 3. The Kier molecular flexibility index (Phi) is 6.71. The van der Waals surface area contributed by atoms with E-state index < -0.39 is 29.3 Å². The normalized spacial score (nSPS) is 16.6. The van der Waals surface area contributed by atoms with E-state index in [1.54, 1.807) is 6.92 Å². The van der Waals surface area contributed by atoms with E-state index in [4.69, 9.17) is 17.3 Å². The number of carbonyl (C=O) groups excluding carboxylic acids is 1. The van der Waals surface area contributed by atoms with Crippen LogP contribution >= 0.6 is 11.6 Å². The van der Waals surface area contributed by atoms with E-state index in [1.807, 2.05) is 0 Å². The molecule has 0 bridgehead atoms. The predicted molar refractivity (Wildman–Crippen MR) is 115 cm³/mol. The summed E-state index contributed by atoms with van der Waals surface area (Å²) in [6.07, 6.45) is 6.47. The Labute approximate surface area is 179 Å². The van der Waals surface area contributed by atoms with Crippen molar-refractivity contribution in [3.8, 4) is 0 Å². The first-order chi connectivity index (χ1) is 14.2. The molecule has 1 saturated carbocycles. The van der Waals surface area contributed by atoms with Crippen LogP contribution in [0.5, 0.6) is 0 Å². The molecule has 1 fully saturated rings. The van der Waals surface area contributed by atoms with Crippen molar-refractivity contribution < 1.29 is 13.6 Å². The zero-order valence-electron chi connectivity index (χ0n) is 17.0. The second-order valence-corrected chi connectivity index (χ2v) is 8.57. The lowest BCUT2D eigenvalue weighted by molar-refractivity contribution is 0.101. The minimum Gasteiger partial charge on any atom is -0.387 e. The van der Waals surface area contributed by atoms with Crippen LogP contribution < -0.4 is 11.1 Å². The van der Waals surface area contributed by atoms with Crippen molar-refractivity contribution in [2.75, 3.05) is 5.32 Å². The molecule has 1 aromatic heterocycles. The second-order valence-electron chi connectivity index (χ2n) is 8.14. The highest BCUT2D eigenvalue weighted by molar-refractivity contribution is 6.30. The number of carbonyl (C=O) groups is 1. The summed E-state index contributed by atoms with van der Waals surface area (Å²) in [4.78, 5) is 20.4. The van der Waals surface area contributed by atoms with Crippen LogP contribution in [0.3, 0.4) is 0 Å². The molecule has 1 heterocycles. The molecular weight excluding hydrogens is 410 g/mol. The Hall–Kier alpha value is -2.54. The lowest BCUT2D eigenvalue weighted by Crippen LogP contribution is -2.27. The van der Waals surface area contributed by atoms with Crippen LogP contribution in [0.2, 0.25) is 5.02 Å². The molecule has 0 radical (unpaired) electrons. The Bertz CT molecular complexity index is 976. The van der Waals surface area contributed by atoms with E-state index >= 15 is 0 Å². The van der Waals surface area contributed by atoms with E-state index in [9.17, 15) is 13.6 Å². The van der Waals surface area contributed by atoms with Crippen molar-refractivity contribution in [3.63, 3.8) is 0 Å². The largest absolute Gasteiger partial charge is 0.387 e. The van der Waals surface area contributed by atoms with Gasteiger partial charge in [-0.15, -0.1) is 0 Å². The van der Waals surface area contributed by atoms with Crippen molar-refractivity contribution in [3.05, 3.63) is 58.4 Å². The molecule has 1 amide bonds. The third-order valence-electron chi connectivity index (χ3n) is 5.63. The molecule has 1 aliphatic carbocycles. The predicted octanol–water partition coefficient (Wildman–Crippen LogP) is 5.65. The van der Waals surface area contributed by atoms with E-state index in [2.05, 4.69) is 22.2 Å². The number of aliphatic imine (C=N–C) groups is 1. The first kappa shape index (κ1) is 22.2. The van der Waals surface area contributed by atoms with Gasteiger partial charge in [-0.25, -0.2) is 13.8 Å². The number of hydrogen-bond donors (Lipinski definition) is 2. The Morgan fingerprint density at radius 1 is 1.33 bits per heavy atom. The highest BCUT2D eigenvalue weighted by atomic mass is 35.5. The van der Waals surface area contributed by atoms with Gasteiger partial charge < -0.3 is 11.1 Å². The fourth-order valence-corrected chi connectivity index (χ4v) is 3.70. The number of pyridine rings is 1. The number of anilines is 1. The molecule has 3 rings (SSSR count). The van der Waals surface area contributed by atoms with Crippen molar-refractivity contribution in [2.45, 2.75) is 52.0 Å². The van der Waals surface area contributed by atoms with E-state index in [0.717, 1.165) is 12.5 Å². The van der Waals surface area contributed by atoms with Gasteiger partial charge in [0.25, 0.3) is 5.91 Å². The van der Waals surface area contributed by atoms with Gasteiger partial charge in [-0.1, -0.05) is 24.9 Å². The molecule has 160 valence electrons. The van der Waals surface area contributed by atoms with Gasteiger partial charge in [0.2, 0.25) is 0 Å². The zero-order chi connectivity index (χ0) is 21.9. The topological polar surface area (TPSA) is 80.4 Å². The molecule has 0 spiro atoms. The van der Waals surface area contributed by atoms with Gasteiger partial charge in [0.05, 0.1) is 16.9 Å². The number of hydrogen-bond acceptors (Lipinski definition) is 3. The maximum Gasteiger partial charge on any atom is 0.277 e. The second kappa shape index (κ2) is 9.08. The van der Waals surface area contributed by atoms with Gasteiger partial charge >= 0.3 is 0 Å².